The first-order valence-electron chi connectivity index (χ1n) is 11.7. The number of benzene rings is 1. The maximum Gasteiger partial charge on any atom is 0.148 e. The van der Waals surface area contributed by atoms with Gasteiger partial charge in [0.25, 0.3) is 0 Å². The van der Waals surface area contributed by atoms with Gasteiger partial charge in [0.15, 0.2) is 0 Å². The van der Waals surface area contributed by atoms with Crippen LogP contribution in [0.25, 0.3) is 5.57 Å². The first-order chi connectivity index (χ1) is 15.2. The van der Waals surface area contributed by atoms with Gasteiger partial charge in [-0.1, -0.05) is 12.1 Å². The number of aromatic nitrogens is 2. The standard InChI is InChI=1S/C25H32N6/c1-3-31-16-19(14-28-31)23-15-27-24-22(23)12-17(2)29-25(24)30-21-7-4-6-18(13-21)9-10-20-8-5-11-26-20/h4,6-7,13-17,20,22,26H,3,5,8-12H2,1-2H3,(H,29,30). The number of nitrogens with zero attached hydrogens (tertiary/aromatic N) is 4. The molecule has 3 aliphatic heterocycles. The lowest BCUT2D eigenvalue weighted by Crippen LogP contribution is -2.35. The van der Waals surface area contributed by atoms with Gasteiger partial charge in [-0.15, -0.1) is 0 Å². The SMILES string of the molecule is CCn1cc(C2=CN=C3C(Nc4cccc(CCC5CCCN5)c4)=NC(C)CC23)cn1. The van der Waals surface area contributed by atoms with Crippen LogP contribution >= 0.6 is 0 Å². The Morgan fingerprint density at radius 2 is 2.23 bits per heavy atom. The van der Waals surface area contributed by atoms with Crippen molar-refractivity contribution >= 4 is 22.8 Å². The van der Waals surface area contributed by atoms with E-state index in [1.807, 2.05) is 17.1 Å². The first-order valence-corrected chi connectivity index (χ1v) is 11.7. The minimum atomic E-state index is 0.255. The molecule has 3 aliphatic rings. The van der Waals surface area contributed by atoms with Crippen molar-refractivity contribution in [2.24, 2.45) is 15.9 Å². The Hall–Kier alpha value is -2.73. The Morgan fingerprint density at radius 3 is 3.03 bits per heavy atom. The number of fused-ring (bicyclic) bond motifs is 1. The van der Waals surface area contributed by atoms with Gasteiger partial charge >= 0.3 is 0 Å². The van der Waals surface area contributed by atoms with Gasteiger partial charge in [-0.25, -0.2) is 0 Å². The van der Waals surface area contributed by atoms with Gasteiger partial charge in [-0.05, 0) is 75.8 Å². The Labute approximate surface area is 184 Å². The Kier molecular flexibility index (Phi) is 5.72. The molecule has 162 valence electrons. The lowest BCUT2D eigenvalue weighted by Gasteiger charge is -2.26. The fourth-order valence-corrected chi connectivity index (χ4v) is 4.95. The summed E-state index contributed by atoms with van der Waals surface area (Å²) in [6.45, 7) is 6.35. The molecule has 2 N–H and O–H groups in total. The van der Waals surface area contributed by atoms with Gasteiger partial charge < -0.3 is 10.6 Å². The van der Waals surface area contributed by atoms with Crippen LogP contribution in [-0.2, 0) is 13.0 Å². The highest BCUT2D eigenvalue weighted by atomic mass is 15.3. The summed E-state index contributed by atoms with van der Waals surface area (Å²) in [5.74, 6) is 1.19. The number of nitrogens with one attached hydrogen (secondary N) is 2. The third-order valence-electron chi connectivity index (χ3n) is 6.64. The smallest absolute Gasteiger partial charge is 0.148 e. The largest absolute Gasteiger partial charge is 0.339 e. The molecular weight excluding hydrogens is 384 g/mol. The topological polar surface area (TPSA) is 66.6 Å². The average Bonchev–Trinajstić information content (AvgIpc) is 3.52. The van der Waals surface area contributed by atoms with E-state index in [2.05, 4.69) is 60.0 Å². The quantitative estimate of drug-likeness (QED) is 0.738. The molecule has 0 spiro atoms. The zero-order valence-electron chi connectivity index (χ0n) is 18.5. The number of hydrogen-bond acceptors (Lipinski definition) is 5. The number of allylic oxidation sites excluding steroid dienone is 1. The molecule has 1 fully saturated rings. The zero-order chi connectivity index (χ0) is 21.2. The van der Waals surface area contributed by atoms with Crippen molar-refractivity contribution < 1.29 is 0 Å². The lowest BCUT2D eigenvalue weighted by atomic mass is 9.85. The molecule has 1 aromatic carbocycles. The third kappa shape index (κ3) is 4.35. The summed E-state index contributed by atoms with van der Waals surface area (Å²) in [7, 11) is 0. The summed E-state index contributed by atoms with van der Waals surface area (Å²) < 4.78 is 1.97. The molecule has 0 amide bonds. The van der Waals surface area contributed by atoms with Crippen molar-refractivity contribution in [3.8, 4) is 0 Å². The van der Waals surface area contributed by atoms with Crippen LogP contribution in [0.3, 0.4) is 0 Å². The molecule has 2 aromatic rings. The third-order valence-corrected chi connectivity index (χ3v) is 6.64. The van der Waals surface area contributed by atoms with E-state index < -0.39 is 0 Å². The van der Waals surface area contributed by atoms with Crippen LogP contribution in [-0.4, -0.2) is 40.0 Å². The maximum absolute atomic E-state index is 4.92. The van der Waals surface area contributed by atoms with Crippen LogP contribution in [0.1, 0.15) is 50.7 Å². The van der Waals surface area contributed by atoms with Crippen LogP contribution in [0.4, 0.5) is 5.69 Å². The molecule has 0 radical (unpaired) electrons. The monoisotopic (exact) mass is 416 g/mol. The van der Waals surface area contributed by atoms with Crippen LogP contribution in [0.15, 0.2) is 52.8 Å². The normalized spacial score (nSPS) is 25.1. The number of amidine groups is 1. The summed E-state index contributed by atoms with van der Waals surface area (Å²) in [6, 6.07) is 9.70. The highest BCUT2D eigenvalue weighted by Gasteiger charge is 2.35. The molecule has 0 bridgehead atoms. The molecular formula is C25H32N6. The first kappa shape index (κ1) is 20.2. The molecule has 31 heavy (non-hydrogen) atoms. The number of hydrogen-bond donors (Lipinski definition) is 2. The van der Waals surface area contributed by atoms with Crippen molar-refractivity contribution in [3.63, 3.8) is 0 Å². The number of aryl methyl sites for hydroxylation is 2. The highest BCUT2D eigenvalue weighted by Crippen LogP contribution is 2.36. The molecule has 3 unspecified atom stereocenters. The molecule has 3 atom stereocenters. The van der Waals surface area contributed by atoms with Crippen molar-refractivity contribution in [2.75, 3.05) is 11.9 Å². The van der Waals surface area contributed by atoms with E-state index in [4.69, 9.17) is 9.98 Å². The van der Waals surface area contributed by atoms with E-state index in [1.54, 1.807) is 0 Å². The van der Waals surface area contributed by atoms with E-state index in [0.717, 1.165) is 36.6 Å². The number of aliphatic imine (C=N–C) groups is 2. The van der Waals surface area contributed by atoms with E-state index in [1.165, 1.54) is 42.5 Å². The second-order valence-electron chi connectivity index (χ2n) is 8.96. The van der Waals surface area contributed by atoms with Crippen LogP contribution < -0.4 is 10.6 Å². The van der Waals surface area contributed by atoms with Crippen molar-refractivity contribution in [2.45, 2.75) is 64.6 Å². The second kappa shape index (κ2) is 8.79. The van der Waals surface area contributed by atoms with Crippen molar-refractivity contribution in [3.05, 3.63) is 54.0 Å². The minimum absolute atomic E-state index is 0.255. The molecule has 6 heteroatoms. The second-order valence-corrected chi connectivity index (χ2v) is 8.96. The van der Waals surface area contributed by atoms with E-state index in [-0.39, 0.29) is 12.0 Å². The van der Waals surface area contributed by atoms with E-state index in [0.29, 0.717) is 6.04 Å². The Bertz CT molecular complexity index is 1020. The van der Waals surface area contributed by atoms with Gasteiger partial charge in [-0.2, -0.15) is 5.10 Å². The van der Waals surface area contributed by atoms with Gasteiger partial charge in [0.2, 0.25) is 0 Å². The van der Waals surface area contributed by atoms with Gasteiger partial charge in [-0.3, -0.25) is 14.7 Å². The van der Waals surface area contributed by atoms with Gasteiger partial charge in [0, 0.05) is 42.2 Å². The van der Waals surface area contributed by atoms with Gasteiger partial charge in [0.05, 0.1) is 18.0 Å². The van der Waals surface area contributed by atoms with Crippen LogP contribution in [0.2, 0.25) is 0 Å². The number of rotatable bonds is 6. The highest BCUT2D eigenvalue weighted by molar-refractivity contribution is 6.49. The Balaban J connectivity index is 1.29. The molecule has 4 heterocycles. The minimum Gasteiger partial charge on any atom is -0.339 e. The molecule has 1 aromatic heterocycles. The number of anilines is 1. The fraction of sp³-hybridized carbons (Fsp3) is 0.480. The van der Waals surface area contributed by atoms with Crippen molar-refractivity contribution in [1.29, 1.82) is 0 Å². The lowest BCUT2D eigenvalue weighted by molar-refractivity contribution is 0.559. The molecule has 1 saturated heterocycles. The Morgan fingerprint density at radius 1 is 1.29 bits per heavy atom. The van der Waals surface area contributed by atoms with Crippen LogP contribution in [0, 0.1) is 5.92 Å². The molecule has 0 saturated carbocycles. The van der Waals surface area contributed by atoms with Crippen molar-refractivity contribution in [1.82, 2.24) is 15.1 Å². The maximum atomic E-state index is 4.92. The predicted molar refractivity (Wildman–Crippen MR) is 128 cm³/mol. The fourth-order valence-electron chi connectivity index (χ4n) is 4.95. The average molecular weight is 417 g/mol. The molecule has 0 aliphatic carbocycles. The molecule has 5 rings (SSSR count). The van der Waals surface area contributed by atoms with E-state index in [9.17, 15) is 0 Å². The summed E-state index contributed by atoms with van der Waals surface area (Å²) in [5.41, 5.74) is 5.95. The predicted octanol–water partition coefficient (Wildman–Crippen LogP) is 4.30. The zero-order valence-corrected chi connectivity index (χ0v) is 18.5. The summed E-state index contributed by atoms with van der Waals surface area (Å²) in [6.07, 6.45) is 12.0. The summed E-state index contributed by atoms with van der Waals surface area (Å²) in [5, 5.41) is 11.6. The summed E-state index contributed by atoms with van der Waals surface area (Å²) in [4.78, 5) is 9.71. The van der Waals surface area contributed by atoms with E-state index >= 15 is 0 Å². The summed E-state index contributed by atoms with van der Waals surface area (Å²) >= 11 is 0. The van der Waals surface area contributed by atoms with Gasteiger partial charge in [0.1, 0.15) is 5.84 Å². The molecule has 6 nitrogen and oxygen atoms in total. The van der Waals surface area contributed by atoms with Crippen LogP contribution in [0.5, 0.6) is 0 Å².